The zero-order chi connectivity index (χ0) is 36.7. The number of hydrogen-bond donors (Lipinski definition) is 0. The van der Waals surface area contributed by atoms with Crippen molar-refractivity contribution in [2.75, 3.05) is 46.2 Å². The maximum atomic E-state index is 13.1. The molecule has 0 saturated heterocycles. The second kappa shape index (κ2) is 32.4. The first-order valence-corrected chi connectivity index (χ1v) is 21.6. The molecule has 286 valence electrons. The van der Waals surface area contributed by atoms with E-state index in [-0.39, 0.29) is 11.9 Å². The van der Waals surface area contributed by atoms with E-state index >= 15 is 0 Å². The largest absolute Gasteiger partial charge is 0.466 e. The van der Waals surface area contributed by atoms with Gasteiger partial charge >= 0.3 is 11.9 Å². The van der Waals surface area contributed by atoms with Crippen LogP contribution < -0.4 is 0 Å². The summed E-state index contributed by atoms with van der Waals surface area (Å²) in [5.74, 6) is 1.02. The third kappa shape index (κ3) is 33.4. The minimum atomic E-state index is -0.574. The van der Waals surface area contributed by atoms with Crippen molar-refractivity contribution in [1.29, 1.82) is 0 Å². The zero-order valence-corrected chi connectivity index (χ0v) is 34.3. The second-order valence-electron chi connectivity index (χ2n) is 15.3. The summed E-state index contributed by atoms with van der Waals surface area (Å²) in [6.45, 7) is 15.0. The summed E-state index contributed by atoms with van der Waals surface area (Å²) in [7, 11) is 3.56. The summed E-state index contributed by atoms with van der Waals surface area (Å²) in [5, 5.41) is 0. The molecular weight excluding hydrogens is 629 g/mol. The minimum absolute atomic E-state index is 0.0605. The molecule has 0 heterocycles. The van der Waals surface area contributed by atoms with Gasteiger partial charge < -0.3 is 14.4 Å². The lowest BCUT2D eigenvalue weighted by Crippen LogP contribution is -2.14. The topological polar surface area (TPSA) is 72.9 Å². The van der Waals surface area contributed by atoms with Crippen LogP contribution in [-0.4, -0.2) is 68.5 Å². The predicted molar refractivity (Wildman–Crippen MR) is 212 cm³/mol. The monoisotopic (exact) mass is 708 g/mol. The molecule has 0 rings (SSSR count). The molecule has 0 aliphatic carbocycles. The maximum Gasteiger partial charge on any atom is 0.305 e. The Labute approximate surface area is 304 Å². The Kier molecular flexibility index (Phi) is 31.4. The highest BCUT2D eigenvalue weighted by atomic mass is 31.1. The first-order valence-electron chi connectivity index (χ1n) is 19.9. The fraction of sp³-hybridized carbons (Fsp3) is 0.833. The standard InChI is InChI=1S/C42H78NO5P/c1-36(2)22-19-24-38(5)29-32-47-40(44)26-15-11-9-13-17-34-49(42(46)28-21-31-43(7)8)35-18-14-10-12-16-27-41(45)48-33-30-39(6)25-20-23-37(3)4/h22-23,38-39H,9-21,24-35H2,1-8H3. The molecule has 0 aromatic carbocycles. The van der Waals surface area contributed by atoms with Crippen molar-refractivity contribution in [2.45, 2.75) is 170 Å². The van der Waals surface area contributed by atoms with Gasteiger partial charge in [-0.15, -0.1) is 0 Å². The average Bonchev–Trinajstić information content (AvgIpc) is 3.02. The summed E-state index contributed by atoms with van der Waals surface area (Å²) >= 11 is 0. The van der Waals surface area contributed by atoms with E-state index in [2.05, 4.69) is 72.7 Å². The Morgan fingerprint density at radius 3 is 1.39 bits per heavy atom. The van der Waals surface area contributed by atoms with Crippen LogP contribution >= 0.6 is 7.92 Å². The van der Waals surface area contributed by atoms with Crippen LogP contribution in [0.2, 0.25) is 0 Å². The number of unbranched alkanes of at least 4 members (excludes halogenated alkanes) is 8. The second-order valence-corrected chi connectivity index (χ2v) is 17.7. The number of hydrogen-bond acceptors (Lipinski definition) is 6. The fourth-order valence-corrected chi connectivity index (χ4v) is 8.17. The minimum Gasteiger partial charge on any atom is -0.466 e. The molecule has 0 aromatic rings. The number of esters is 2. The fourth-order valence-electron chi connectivity index (χ4n) is 5.76. The van der Waals surface area contributed by atoms with Gasteiger partial charge in [-0.3, -0.25) is 14.4 Å². The van der Waals surface area contributed by atoms with E-state index in [1.807, 2.05) is 0 Å². The van der Waals surface area contributed by atoms with Crippen LogP contribution in [0.25, 0.3) is 0 Å². The van der Waals surface area contributed by atoms with Gasteiger partial charge in [0.1, 0.15) is 0 Å². The van der Waals surface area contributed by atoms with E-state index in [0.29, 0.717) is 49.8 Å². The molecule has 0 bridgehead atoms. The number of ether oxygens (including phenoxy) is 2. The van der Waals surface area contributed by atoms with E-state index in [9.17, 15) is 14.4 Å². The molecule has 2 atom stereocenters. The van der Waals surface area contributed by atoms with Crippen LogP contribution in [0.5, 0.6) is 0 Å². The number of allylic oxidation sites excluding steroid dienone is 4. The average molecular weight is 708 g/mol. The maximum absolute atomic E-state index is 13.1. The van der Waals surface area contributed by atoms with Crippen molar-refractivity contribution in [2.24, 2.45) is 11.8 Å². The number of rotatable bonds is 33. The molecule has 0 saturated carbocycles. The number of carbonyl (C=O) groups excluding carboxylic acids is 3. The summed E-state index contributed by atoms with van der Waals surface area (Å²) in [4.78, 5) is 39.5. The van der Waals surface area contributed by atoms with E-state index < -0.39 is 7.92 Å². The molecule has 0 radical (unpaired) electrons. The van der Waals surface area contributed by atoms with E-state index in [1.165, 1.54) is 11.1 Å². The van der Waals surface area contributed by atoms with Crippen molar-refractivity contribution < 1.29 is 23.9 Å². The highest BCUT2D eigenvalue weighted by Gasteiger charge is 2.17. The molecule has 49 heavy (non-hydrogen) atoms. The lowest BCUT2D eigenvalue weighted by atomic mass is 10.0. The molecule has 2 unspecified atom stereocenters. The van der Waals surface area contributed by atoms with Crippen molar-refractivity contribution in [3.63, 3.8) is 0 Å². The van der Waals surface area contributed by atoms with Gasteiger partial charge in [0.05, 0.1) is 13.2 Å². The summed E-state index contributed by atoms with van der Waals surface area (Å²) < 4.78 is 10.9. The van der Waals surface area contributed by atoms with Crippen molar-refractivity contribution in [3.8, 4) is 0 Å². The quantitative estimate of drug-likeness (QED) is 0.0293. The first kappa shape index (κ1) is 47.5. The smallest absolute Gasteiger partial charge is 0.305 e. The Morgan fingerprint density at radius 1 is 0.571 bits per heavy atom. The molecule has 6 nitrogen and oxygen atoms in total. The predicted octanol–water partition coefficient (Wildman–Crippen LogP) is 11.6. The Morgan fingerprint density at radius 2 is 0.980 bits per heavy atom. The van der Waals surface area contributed by atoms with Crippen molar-refractivity contribution in [3.05, 3.63) is 23.3 Å². The Hall–Kier alpha value is -1.52. The van der Waals surface area contributed by atoms with Gasteiger partial charge in [-0.25, -0.2) is 0 Å². The molecule has 7 heteroatoms. The molecule has 0 aliphatic rings. The van der Waals surface area contributed by atoms with Crippen molar-refractivity contribution in [1.82, 2.24) is 4.90 Å². The van der Waals surface area contributed by atoms with Gasteiger partial charge in [0.2, 0.25) is 0 Å². The lowest BCUT2D eigenvalue weighted by molar-refractivity contribution is -0.145. The van der Waals surface area contributed by atoms with E-state index in [4.69, 9.17) is 9.47 Å². The van der Waals surface area contributed by atoms with Gasteiger partial charge in [0.15, 0.2) is 5.52 Å². The van der Waals surface area contributed by atoms with Gasteiger partial charge in [0.25, 0.3) is 0 Å². The van der Waals surface area contributed by atoms with Crippen LogP contribution in [-0.2, 0) is 23.9 Å². The molecule has 0 fully saturated rings. The van der Waals surface area contributed by atoms with Crippen LogP contribution in [0.15, 0.2) is 23.3 Å². The van der Waals surface area contributed by atoms with Crippen LogP contribution in [0.3, 0.4) is 0 Å². The number of nitrogens with zero attached hydrogens (tertiary/aromatic N) is 1. The third-order valence-corrected chi connectivity index (χ3v) is 11.8. The molecule has 0 spiro atoms. The summed E-state index contributed by atoms with van der Waals surface area (Å²) in [6.07, 6.45) is 26.3. The van der Waals surface area contributed by atoms with Crippen LogP contribution in [0.4, 0.5) is 0 Å². The highest BCUT2D eigenvalue weighted by Crippen LogP contribution is 2.40. The van der Waals surface area contributed by atoms with Gasteiger partial charge in [-0.05, 0) is 151 Å². The Balaban J connectivity index is 4.15. The van der Waals surface area contributed by atoms with Crippen LogP contribution in [0.1, 0.15) is 170 Å². The highest BCUT2D eigenvalue weighted by molar-refractivity contribution is 7.74. The molecular formula is C42H78NO5P. The van der Waals surface area contributed by atoms with E-state index in [1.54, 1.807) is 0 Å². The van der Waals surface area contributed by atoms with Gasteiger partial charge in [-0.2, -0.15) is 0 Å². The summed E-state index contributed by atoms with van der Waals surface area (Å²) in [5.41, 5.74) is 3.22. The molecule has 0 amide bonds. The Bertz CT molecular complexity index is 847. The SMILES string of the molecule is CC(C)=CCCC(C)CCOC(=O)CCCCCCCP(CCCCCCCC(=O)OCCC(C)CCC=C(C)C)C(=O)CCCN(C)C. The lowest BCUT2D eigenvalue weighted by Gasteiger charge is -2.17. The first-order chi connectivity index (χ1) is 23.4. The summed E-state index contributed by atoms with van der Waals surface area (Å²) in [6, 6.07) is 0. The van der Waals surface area contributed by atoms with Gasteiger partial charge in [-0.1, -0.05) is 75.7 Å². The van der Waals surface area contributed by atoms with E-state index in [0.717, 1.165) is 128 Å². The number of carbonyl (C=O) groups is 3. The molecule has 0 aromatic heterocycles. The molecule has 0 aliphatic heterocycles. The molecule has 0 N–H and O–H groups in total. The van der Waals surface area contributed by atoms with Crippen LogP contribution in [0, 0.1) is 11.8 Å². The van der Waals surface area contributed by atoms with Crippen molar-refractivity contribution >= 4 is 25.4 Å². The third-order valence-electron chi connectivity index (χ3n) is 9.14. The normalized spacial score (nSPS) is 13.1. The zero-order valence-electron chi connectivity index (χ0n) is 33.4. The van der Waals surface area contributed by atoms with Gasteiger partial charge in [0, 0.05) is 19.3 Å².